The molecule has 1 nitrogen and oxygen atoms in total. The first-order valence-corrected chi connectivity index (χ1v) is 8.68. The molecule has 0 saturated heterocycles. The zero-order valence-electron chi connectivity index (χ0n) is 5.98. The summed E-state index contributed by atoms with van der Waals surface area (Å²) < 4.78 is 5.32. The van der Waals surface area contributed by atoms with Gasteiger partial charge < -0.3 is 0 Å². The van der Waals surface area contributed by atoms with Crippen molar-refractivity contribution >= 4 is 40.4 Å². The summed E-state index contributed by atoms with van der Waals surface area (Å²) in [7, 11) is 8.82. The molecule has 0 atom stereocenters. The summed E-state index contributed by atoms with van der Waals surface area (Å²) in [4.78, 5) is 0. The second-order valence-electron chi connectivity index (χ2n) is 2.29. The highest BCUT2D eigenvalue weighted by Gasteiger charge is 2.16. The minimum Gasteiger partial charge on any atom is -0.264 e. The smallest absolute Gasteiger partial charge is 0.00159 e. The van der Waals surface area contributed by atoms with Crippen molar-refractivity contribution in [3.05, 3.63) is 0 Å². The molecule has 5 heteroatoms. The van der Waals surface area contributed by atoms with E-state index in [1.54, 1.807) is 0 Å². The van der Waals surface area contributed by atoms with Gasteiger partial charge in [0.1, 0.15) is 0 Å². The molecule has 0 bridgehead atoms. The molecular weight excluding hydrogens is 199 g/mol. The van der Waals surface area contributed by atoms with Gasteiger partial charge in [-0.15, -0.1) is 0 Å². The van der Waals surface area contributed by atoms with Crippen molar-refractivity contribution in [1.82, 2.24) is 0 Å². The van der Waals surface area contributed by atoms with Gasteiger partial charge in [0.25, 0.3) is 0 Å². The minimum absolute atomic E-state index is 1.40. The third-order valence-corrected chi connectivity index (χ3v) is 3.84. The Balaban J connectivity index is 3.75. The maximum atomic E-state index is 5.82. The fraction of sp³-hybridized carbons (Fsp3) is 1.00. The average molecular weight is 211 g/mol. The fourth-order valence-electron chi connectivity index (χ4n) is 0.385. The third-order valence-electron chi connectivity index (χ3n) is 0.324. The number of hydrogen-bond donors (Lipinski definition) is 0. The molecule has 0 rings (SSSR count). The van der Waals surface area contributed by atoms with Crippen molar-refractivity contribution in [3.63, 3.8) is 0 Å². The molecule has 9 heavy (non-hydrogen) atoms. The zero-order valence-corrected chi connectivity index (χ0v) is 9.13. The van der Waals surface area contributed by atoms with Crippen LogP contribution >= 0.6 is 40.4 Å². The molecule has 0 aromatic rings. The topological polar surface area (TPSA) is 9.23 Å². The van der Waals surface area contributed by atoms with E-state index in [0.717, 1.165) is 0 Å². The lowest BCUT2D eigenvalue weighted by molar-refractivity contribution is 0.733. The predicted octanol–water partition coefficient (Wildman–Crippen LogP) is 3.27. The van der Waals surface area contributed by atoms with Gasteiger partial charge in [-0.25, -0.2) is 0 Å². The molecule has 0 radical (unpaired) electrons. The molecule has 0 N–H and O–H groups in total. The lowest BCUT2D eigenvalue weighted by Gasteiger charge is -2.32. The normalized spacial score (nSPS) is 17.6. The molecule has 0 unspecified atom stereocenters. The maximum absolute atomic E-state index is 5.82. The minimum atomic E-state index is -1.40. The quantitative estimate of drug-likeness (QED) is 0.681. The second kappa shape index (κ2) is 3.09. The molecule has 0 aliphatic rings. The molecule has 0 saturated carbocycles. The van der Waals surface area contributed by atoms with Gasteiger partial charge in [-0.1, -0.05) is 0 Å². The monoisotopic (exact) mass is 210 g/mol. The summed E-state index contributed by atoms with van der Waals surface area (Å²) in [5.41, 5.74) is 0. The van der Waals surface area contributed by atoms with Crippen molar-refractivity contribution < 1.29 is 3.63 Å². The molecular formula is C4H12Cl2OS2. The SMILES string of the molecule is CS(C)(Cl)OS(C)(C)Cl. The van der Waals surface area contributed by atoms with E-state index in [0.29, 0.717) is 0 Å². The van der Waals surface area contributed by atoms with Crippen LogP contribution in [-0.4, -0.2) is 25.0 Å². The van der Waals surface area contributed by atoms with Gasteiger partial charge in [-0.3, -0.25) is 3.63 Å². The van der Waals surface area contributed by atoms with Crippen molar-refractivity contribution in [1.29, 1.82) is 0 Å². The van der Waals surface area contributed by atoms with Gasteiger partial charge >= 0.3 is 0 Å². The Labute approximate surface area is 69.1 Å². The van der Waals surface area contributed by atoms with Crippen LogP contribution in [-0.2, 0) is 3.63 Å². The van der Waals surface area contributed by atoms with Crippen LogP contribution in [0.5, 0.6) is 0 Å². The number of halogens is 2. The Kier molecular flexibility index (Phi) is 3.52. The van der Waals surface area contributed by atoms with Crippen molar-refractivity contribution in [2.45, 2.75) is 0 Å². The highest BCUT2D eigenvalue weighted by atomic mass is 35.7. The van der Waals surface area contributed by atoms with E-state index in [1.165, 1.54) is 0 Å². The van der Waals surface area contributed by atoms with E-state index < -0.39 is 19.0 Å². The van der Waals surface area contributed by atoms with Crippen molar-refractivity contribution in [3.8, 4) is 0 Å². The molecule has 0 aliphatic carbocycles. The summed E-state index contributed by atoms with van der Waals surface area (Å²) in [5, 5.41) is 0. The summed E-state index contributed by atoms with van der Waals surface area (Å²) in [6.45, 7) is 0. The van der Waals surface area contributed by atoms with E-state index >= 15 is 0 Å². The molecule has 0 aromatic heterocycles. The second-order valence-corrected chi connectivity index (χ2v) is 11.8. The Morgan fingerprint density at radius 3 is 1.11 bits per heavy atom. The van der Waals surface area contributed by atoms with Gasteiger partial charge in [-0.2, -0.15) is 0 Å². The first-order chi connectivity index (χ1) is 3.71. The maximum Gasteiger partial charge on any atom is 0.00159 e. The van der Waals surface area contributed by atoms with Crippen LogP contribution in [0.3, 0.4) is 0 Å². The lowest BCUT2D eigenvalue weighted by atomic mass is 11.9. The van der Waals surface area contributed by atoms with E-state index in [1.807, 2.05) is 25.0 Å². The molecule has 0 fully saturated rings. The largest absolute Gasteiger partial charge is 0.264 e. The van der Waals surface area contributed by atoms with Crippen LogP contribution in [0, 0.1) is 0 Å². The predicted molar refractivity (Wildman–Crippen MR) is 51.7 cm³/mol. The Morgan fingerprint density at radius 1 is 0.889 bits per heavy atom. The summed E-state index contributed by atoms with van der Waals surface area (Å²) in [5.74, 6) is 0. The van der Waals surface area contributed by atoms with Gasteiger partial charge in [-0.05, 0) is 40.4 Å². The van der Waals surface area contributed by atoms with Crippen LogP contribution in [0.15, 0.2) is 0 Å². The Bertz CT molecular complexity index is 81.7. The average Bonchev–Trinajstić information content (AvgIpc) is 1.14. The first kappa shape index (κ1) is 10.2. The summed E-state index contributed by atoms with van der Waals surface area (Å²) >= 11 is 0. The van der Waals surface area contributed by atoms with E-state index in [9.17, 15) is 0 Å². The van der Waals surface area contributed by atoms with Gasteiger partial charge in [0.15, 0.2) is 0 Å². The third kappa shape index (κ3) is 9.24. The molecule has 0 heterocycles. The van der Waals surface area contributed by atoms with Crippen molar-refractivity contribution in [2.24, 2.45) is 0 Å². The van der Waals surface area contributed by atoms with Gasteiger partial charge in [0.05, 0.1) is 0 Å². The summed E-state index contributed by atoms with van der Waals surface area (Å²) in [6.07, 6.45) is 7.41. The first-order valence-electron chi connectivity index (χ1n) is 2.27. The highest BCUT2D eigenvalue weighted by molar-refractivity contribution is 8.57. The van der Waals surface area contributed by atoms with Crippen LogP contribution in [0.2, 0.25) is 0 Å². The van der Waals surface area contributed by atoms with E-state index in [4.69, 9.17) is 25.0 Å². The standard InChI is InChI=1S/C4H12Cl2OS2/c1-8(2,5)7-9(3,4)6/h1-4H3. The lowest BCUT2D eigenvalue weighted by Crippen LogP contribution is -1.94. The van der Waals surface area contributed by atoms with E-state index in [2.05, 4.69) is 0 Å². The molecule has 0 aromatic carbocycles. The number of hydrogen-bond acceptors (Lipinski definition) is 1. The van der Waals surface area contributed by atoms with Gasteiger partial charge in [0.2, 0.25) is 0 Å². The van der Waals surface area contributed by atoms with E-state index in [-0.39, 0.29) is 0 Å². The van der Waals surface area contributed by atoms with Crippen LogP contribution in [0.4, 0.5) is 0 Å². The van der Waals surface area contributed by atoms with Crippen LogP contribution < -0.4 is 0 Å². The fourth-order valence-corrected chi connectivity index (χ4v) is 6.01. The Morgan fingerprint density at radius 2 is 1.11 bits per heavy atom. The molecule has 0 amide bonds. The van der Waals surface area contributed by atoms with Crippen molar-refractivity contribution in [2.75, 3.05) is 25.0 Å². The van der Waals surface area contributed by atoms with Gasteiger partial charge in [0, 0.05) is 25.0 Å². The highest BCUT2D eigenvalue weighted by Crippen LogP contribution is 2.62. The Hall–Kier alpha value is 1.24. The zero-order chi connectivity index (χ0) is 7.71. The molecule has 0 spiro atoms. The van der Waals surface area contributed by atoms with Crippen LogP contribution in [0.25, 0.3) is 0 Å². The summed E-state index contributed by atoms with van der Waals surface area (Å²) in [6, 6.07) is 0. The van der Waals surface area contributed by atoms with Crippen LogP contribution in [0.1, 0.15) is 0 Å². The molecule has 60 valence electrons. The molecule has 0 aliphatic heterocycles. The number of rotatable bonds is 2.